The lowest BCUT2D eigenvalue weighted by atomic mass is 10.0. The number of nitrogens with two attached hydrogens (primary N) is 1. The first kappa shape index (κ1) is 12.2. The molecule has 2 saturated heterocycles. The molecule has 2 fully saturated rings. The van der Waals surface area contributed by atoms with E-state index in [4.69, 9.17) is 15.7 Å². The highest BCUT2D eigenvalue weighted by Crippen LogP contribution is 2.30. The molecular formula is C11H19N3O3. The first-order chi connectivity index (χ1) is 8.08. The predicted molar refractivity (Wildman–Crippen MR) is 61.7 cm³/mol. The van der Waals surface area contributed by atoms with Crippen LogP contribution in [0.2, 0.25) is 0 Å². The van der Waals surface area contributed by atoms with E-state index < -0.39 is 5.60 Å². The summed E-state index contributed by atoms with van der Waals surface area (Å²) in [7, 11) is 0. The lowest BCUT2D eigenvalue weighted by Crippen LogP contribution is -2.52. The molecule has 3 N–H and O–H groups in total. The third-order valence-electron chi connectivity index (χ3n) is 3.64. The average Bonchev–Trinajstić information content (AvgIpc) is 2.96. The van der Waals surface area contributed by atoms with E-state index in [0.29, 0.717) is 13.2 Å². The maximum Gasteiger partial charge on any atom is 0.255 e. The molecule has 0 aromatic heterocycles. The molecule has 0 aliphatic carbocycles. The van der Waals surface area contributed by atoms with Crippen LogP contribution in [0.15, 0.2) is 5.16 Å². The van der Waals surface area contributed by atoms with Crippen molar-refractivity contribution in [3.63, 3.8) is 0 Å². The van der Waals surface area contributed by atoms with E-state index in [1.807, 2.05) is 6.92 Å². The molecule has 0 aromatic rings. The van der Waals surface area contributed by atoms with Gasteiger partial charge < -0.3 is 20.6 Å². The van der Waals surface area contributed by atoms with Crippen LogP contribution in [-0.4, -0.2) is 46.6 Å². The van der Waals surface area contributed by atoms with Crippen molar-refractivity contribution in [2.24, 2.45) is 10.9 Å². The van der Waals surface area contributed by atoms with Crippen molar-refractivity contribution in [2.75, 3.05) is 13.2 Å². The topological polar surface area (TPSA) is 88.2 Å². The Bertz CT molecular complexity index is 337. The van der Waals surface area contributed by atoms with E-state index in [-0.39, 0.29) is 17.8 Å². The smallest absolute Gasteiger partial charge is 0.255 e. The minimum Gasteiger partial charge on any atom is -0.409 e. The van der Waals surface area contributed by atoms with Gasteiger partial charge in [0.1, 0.15) is 5.60 Å². The second-order valence-corrected chi connectivity index (χ2v) is 4.86. The van der Waals surface area contributed by atoms with Crippen LogP contribution in [-0.2, 0) is 9.53 Å². The summed E-state index contributed by atoms with van der Waals surface area (Å²) < 4.78 is 5.54. The van der Waals surface area contributed by atoms with E-state index in [0.717, 1.165) is 25.7 Å². The molecule has 2 heterocycles. The summed E-state index contributed by atoms with van der Waals surface area (Å²) in [6.07, 6.45) is 3.27. The number of carbonyl (C=O) groups is 1. The summed E-state index contributed by atoms with van der Waals surface area (Å²) >= 11 is 0. The van der Waals surface area contributed by atoms with Crippen LogP contribution < -0.4 is 5.73 Å². The Hall–Kier alpha value is -1.30. The Kier molecular flexibility index (Phi) is 3.24. The van der Waals surface area contributed by atoms with Crippen molar-refractivity contribution >= 4 is 11.7 Å². The Morgan fingerprint density at radius 3 is 2.94 bits per heavy atom. The van der Waals surface area contributed by atoms with Gasteiger partial charge in [0.25, 0.3) is 5.91 Å². The highest BCUT2D eigenvalue weighted by Gasteiger charge is 2.44. The lowest BCUT2D eigenvalue weighted by molar-refractivity contribution is -0.150. The molecule has 96 valence electrons. The molecular weight excluding hydrogens is 222 g/mol. The average molecular weight is 241 g/mol. The maximum absolute atomic E-state index is 12.4. The molecule has 2 rings (SSSR count). The lowest BCUT2D eigenvalue weighted by Gasteiger charge is -2.31. The van der Waals surface area contributed by atoms with Crippen LogP contribution in [0.5, 0.6) is 0 Å². The molecule has 6 heteroatoms. The van der Waals surface area contributed by atoms with Crippen molar-refractivity contribution in [1.29, 1.82) is 0 Å². The summed E-state index contributed by atoms with van der Waals surface area (Å²) in [5.74, 6) is 0.0709. The van der Waals surface area contributed by atoms with Crippen LogP contribution in [0.4, 0.5) is 0 Å². The van der Waals surface area contributed by atoms with Gasteiger partial charge in [-0.15, -0.1) is 0 Å². The van der Waals surface area contributed by atoms with Gasteiger partial charge in [0.2, 0.25) is 0 Å². The number of hydrogen-bond acceptors (Lipinski definition) is 4. The van der Waals surface area contributed by atoms with E-state index in [1.54, 1.807) is 4.90 Å². The minimum atomic E-state index is -0.724. The zero-order valence-corrected chi connectivity index (χ0v) is 10.1. The summed E-state index contributed by atoms with van der Waals surface area (Å²) in [4.78, 5) is 14.1. The Labute approximate surface area is 100 Å². The molecule has 0 saturated carbocycles. The van der Waals surface area contributed by atoms with Gasteiger partial charge in [-0.1, -0.05) is 5.16 Å². The molecule has 2 aliphatic rings. The van der Waals surface area contributed by atoms with Crippen molar-refractivity contribution in [3.05, 3.63) is 0 Å². The number of hydrogen-bond donors (Lipinski definition) is 2. The third kappa shape index (κ3) is 2.09. The van der Waals surface area contributed by atoms with Crippen LogP contribution in [0.3, 0.4) is 0 Å². The number of likely N-dealkylation sites (tertiary alicyclic amines) is 1. The van der Waals surface area contributed by atoms with E-state index in [9.17, 15) is 4.79 Å². The summed E-state index contributed by atoms with van der Waals surface area (Å²) in [5.41, 5.74) is 4.89. The molecule has 2 unspecified atom stereocenters. The van der Waals surface area contributed by atoms with Crippen LogP contribution in [0, 0.1) is 0 Å². The van der Waals surface area contributed by atoms with Gasteiger partial charge in [0.15, 0.2) is 5.84 Å². The number of amides is 1. The molecule has 0 aromatic carbocycles. The largest absolute Gasteiger partial charge is 0.409 e. The van der Waals surface area contributed by atoms with Crippen molar-refractivity contribution < 1.29 is 14.7 Å². The quantitative estimate of drug-likeness (QED) is 0.315. The first-order valence-electron chi connectivity index (χ1n) is 6.01. The van der Waals surface area contributed by atoms with Crippen LogP contribution in [0.25, 0.3) is 0 Å². The van der Waals surface area contributed by atoms with Crippen LogP contribution >= 0.6 is 0 Å². The minimum absolute atomic E-state index is 0.0379. The molecule has 2 aliphatic heterocycles. The number of ether oxygens (including phenoxy) is 1. The molecule has 1 amide bonds. The Morgan fingerprint density at radius 1 is 1.59 bits per heavy atom. The first-order valence-corrected chi connectivity index (χ1v) is 6.01. The highest BCUT2D eigenvalue weighted by atomic mass is 16.5. The van der Waals surface area contributed by atoms with Gasteiger partial charge in [-0.2, -0.15) is 0 Å². The predicted octanol–water partition coefficient (Wildman–Crippen LogP) is 0.293. The number of carbonyl (C=O) groups excluding carboxylic acids is 1. The Balaban J connectivity index is 2.13. The molecule has 6 nitrogen and oxygen atoms in total. The zero-order valence-electron chi connectivity index (χ0n) is 10.1. The normalized spacial score (nSPS) is 34.3. The molecule has 2 atom stereocenters. The number of amidine groups is 1. The highest BCUT2D eigenvalue weighted by molar-refractivity contribution is 5.93. The van der Waals surface area contributed by atoms with Crippen LogP contribution in [0.1, 0.15) is 32.6 Å². The van der Waals surface area contributed by atoms with Gasteiger partial charge in [-0.3, -0.25) is 4.79 Å². The van der Waals surface area contributed by atoms with Crippen molar-refractivity contribution in [3.8, 4) is 0 Å². The number of nitrogens with zero attached hydrogens (tertiary/aromatic N) is 2. The number of oxime groups is 1. The van der Waals surface area contributed by atoms with Gasteiger partial charge in [-0.05, 0) is 32.6 Å². The van der Waals surface area contributed by atoms with Gasteiger partial charge in [0, 0.05) is 13.2 Å². The van der Waals surface area contributed by atoms with E-state index >= 15 is 0 Å². The van der Waals surface area contributed by atoms with E-state index in [2.05, 4.69) is 5.16 Å². The van der Waals surface area contributed by atoms with Crippen molar-refractivity contribution in [2.45, 2.75) is 44.2 Å². The molecule has 0 bridgehead atoms. The fourth-order valence-corrected chi connectivity index (χ4v) is 2.64. The third-order valence-corrected chi connectivity index (χ3v) is 3.64. The standard InChI is InChI=1S/C11H19N3O3/c1-11(5-3-7-17-11)10(15)14-6-2-4-8(14)9(12)13-16/h8,16H,2-7H2,1H3,(H2,12,13). The maximum atomic E-state index is 12.4. The van der Waals surface area contributed by atoms with Gasteiger partial charge >= 0.3 is 0 Å². The zero-order chi connectivity index (χ0) is 12.5. The van der Waals surface area contributed by atoms with Gasteiger partial charge in [0.05, 0.1) is 6.04 Å². The monoisotopic (exact) mass is 241 g/mol. The molecule has 0 radical (unpaired) electrons. The fraction of sp³-hybridized carbons (Fsp3) is 0.818. The SMILES string of the molecule is CC1(C(=O)N2CCCC2C(N)=NO)CCCO1. The van der Waals surface area contributed by atoms with E-state index in [1.165, 1.54) is 0 Å². The number of rotatable bonds is 2. The second-order valence-electron chi connectivity index (χ2n) is 4.86. The summed E-state index contributed by atoms with van der Waals surface area (Å²) in [6, 6.07) is -0.284. The Morgan fingerprint density at radius 2 is 2.35 bits per heavy atom. The summed E-state index contributed by atoms with van der Waals surface area (Å²) in [6.45, 7) is 3.10. The molecule has 0 spiro atoms. The second kappa shape index (κ2) is 4.52. The summed E-state index contributed by atoms with van der Waals surface area (Å²) in [5, 5.41) is 11.7. The molecule has 17 heavy (non-hydrogen) atoms. The van der Waals surface area contributed by atoms with Crippen molar-refractivity contribution in [1.82, 2.24) is 4.90 Å². The fourth-order valence-electron chi connectivity index (χ4n) is 2.64. The van der Waals surface area contributed by atoms with Gasteiger partial charge in [-0.25, -0.2) is 0 Å².